The number of hydrogen-bond acceptors (Lipinski definition) is 5. The van der Waals surface area contributed by atoms with E-state index in [1.807, 2.05) is 0 Å². The minimum atomic E-state index is -6.18. The van der Waals surface area contributed by atoms with E-state index in [2.05, 4.69) is 0 Å². The highest BCUT2D eigenvalue weighted by Crippen LogP contribution is 2.59. The summed E-state index contributed by atoms with van der Waals surface area (Å²) in [5.41, 5.74) is -4.47. The van der Waals surface area contributed by atoms with Crippen molar-refractivity contribution in [2.75, 3.05) is 11.5 Å². The Morgan fingerprint density at radius 1 is 0.305 bits per heavy atom. The monoisotopic (exact) mass is 836 g/mol. The second-order valence-corrected chi connectivity index (χ2v) is 13.0. The zero-order valence-electron chi connectivity index (χ0n) is 29.8. The van der Waals surface area contributed by atoms with E-state index in [4.69, 9.17) is 25.7 Å². The third-order valence-corrected chi connectivity index (χ3v) is 9.01. The highest BCUT2D eigenvalue weighted by atomic mass is 19.4. The molecule has 0 aliphatic heterocycles. The number of hydrogen-bond donors (Lipinski definition) is 2. The van der Waals surface area contributed by atoms with Crippen LogP contribution in [0.5, 0.6) is 34.5 Å². The van der Waals surface area contributed by atoms with E-state index in [9.17, 15) is 26.3 Å². The number of halogens is 12. The summed E-state index contributed by atoms with van der Waals surface area (Å²) < 4.78 is 196. The van der Waals surface area contributed by atoms with Crippen LogP contribution >= 0.6 is 0 Å². The number of anilines is 2. The molecule has 6 aromatic carbocycles. The number of rotatable bonds is 12. The Morgan fingerprint density at radius 3 is 0.814 bits per heavy atom. The Bertz CT molecular complexity index is 2220. The van der Waals surface area contributed by atoms with Gasteiger partial charge in [-0.25, -0.2) is 8.78 Å². The van der Waals surface area contributed by atoms with E-state index in [0.717, 1.165) is 24.3 Å². The van der Waals surface area contributed by atoms with Gasteiger partial charge in [0.25, 0.3) is 11.3 Å². The second kappa shape index (κ2) is 15.3. The van der Waals surface area contributed by atoms with Crippen LogP contribution in [0, 0.1) is 0 Å². The van der Waals surface area contributed by atoms with Gasteiger partial charge in [-0.15, -0.1) is 0 Å². The standard InChI is InChI=1S/C42H28F12N2O3/c43-37(41(49,50)51,39(45,46)27-11-19-33(20-12-27)58-35-5-1-3-29(55)23-35)25-7-15-31(16-8-25)57-32-17-9-26(10-18-32)38(44,42(52,53)54)40(47,48)28-13-21-34(22-14-28)59-36-6-2-4-30(56)24-36/h1-24H,55-56H2. The van der Waals surface area contributed by atoms with Crippen molar-refractivity contribution in [1.82, 2.24) is 0 Å². The molecule has 59 heavy (non-hydrogen) atoms. The van der Waals surface area contributed by atoms with Gasteiger partial charge in [0.05, 0.1) is 0 Å². The van der Waals surface area contributed by atoms with E-state index in [1.54, 1.807) is 12.1 Å². The van der Waals surface area contributed by atoms with Crippen molar-refractivity contribution in [2.45, 2.75) is 35.5 Å². The van der Waals surface area contributed by atoms with Gasteiger partial charge >= 0.3 is 24.2 Å². The van der Waals surface area contributed by atoms with Gasteiger partial charge in [0, 0.05) is 45.8 Å². The second-order valence-electron chi connectivity index (χ2n) is 13.0. The maximum absolute atomic E-state index is 16.0. The molecule has 308 valence electrons. The Kier molecular flexibility index (Phi) is 10.9. The SMILES string of the molecule is Nc1cccc(Oc2ccc(C(F)(F)C(F)(c3ccc(Oc4ccc(C(F)(C(F)(F)F)C(F)(F)c5ccc(Oc6cccc(N)c6)cc5)cc4)cc3)C(F)(F)F)cc2)c1. The average molecular weight is 837 g/mol. The zero-order valence-corrected chi connectivity index (χ0v) is 29.8. The van der Waals surface area contributed by atoms with Crippen LogP contribution in [0.3, 0.4) is 0 Å². The summed E-state index contributed by atoms with van der Waals surface area (Å²) in [4.78, 5) is 0. The number of ether oxygens (including phenoxy) is 3. The van der Waals surface area contributed by atoms with E-state index in [-0.39, 0.29) is 23.0 Å². The van der Waals surface area contributed by atoms with E-state index < -0.39 is 69.3 Å². The molecule has 6 aromatic rings. The molecule has 17 heteroatoms. The molecule has 0 amide bonds. The van der Waals surface area contributed by atoms with Crippen LogP contribution in [0.15, 0.2) is 146 Å². The molecular weight excluding hydrogens is 808 g/mol. The molecule has 5 nitrogen and oxygen atoms in total. The molecule has 0 saturated carbocycles. The Morgan fingerprint density at radius 2 is 0.559 bits per heavy atom. The maximum atomic E-state index is 16.0. The Hall–Kier alpha value is -6.52. The van der Waals surface area contributed by atoms with Gasteiger partial charge in [-0.05, 0) is 97.1 Å². The lowest BCUT2D eigenvalue weighted by molar-refractivity contribution is -0.315. The largest absolute Gasteiger partial charge is 0.457 e. The summed E-state index contributed by atoms with van der Waals surface area (Å²) in [5, 5.41) is 0. The summed E-state index contributed by atoms with van der Waals surface area (Å²) in [6.45, 7) is 0. The molecule has 0 aromatic heterocycles. The minimum absolute atomic E-state index is 0.0719. The van der Waals surface area contributed by atoms with Crippen molar-refractivity contribution in [3.63, 3.8) is 0 Å². The van der Waals surface area contributed by atoms with Crippen LogP contribution in [0.2, 0.25) is 0 Å². The van der Waals surface area contributed by atoms with Gasteiger partial charge < -0.3 is 25.7 Å². The molecule has 0 radical (unpaired) electrons. The van der Waals surface area contributed by atoms with Crippen molar-refractivity contribution in [3.05, 3.63) is 168 Å². The van der Waals surface area contributed by atoms with Crippen LogP contribution in [-0.4, -0.2) is 12.4 Å². The first-order valence-electron chi connectivity index (χ1n) is 17.0. The van der Waals surface area contributed by atoms with Gasteiger partial charge in [0.1, 0.15) is 34.5 Å². The third kappa shape index (κ3) is 8.00. The normalized spacial score (nSPS) is 14.5. The topological polar surface area (TPSA) is 79.7 Å². The lowest BCUT2D eigenvalue weighted by Crippen LogP contribution is -2.51. The fraction of sp³-hybridized carbons (Fsp3) is 0.143. The smallest absolute Gasteiger partial charge is 0.433 e. The third-order valence-electron chi connectivity index (χ3n) is 9.01. The quantitative estimate of drug-likeness (QED) is 0.0948. The summed E-state index contributed by atoms with van der Waals surface area (Å²) in [6.07, 6.45) is -12.4. The highest BCUT2D eigenvalue weighted by Gasteiger charge is 2.73. The first-order valence-corrected chi connectivity index (χ1v) is 17.0. The molecule has 0 aliphatic rings. The molecule has 0 spiro atoms. The van der Waals surface area contributed by atoms with Crippen molar-refractivity contribution in [3.8, 4) is 34.5 Å². The number of nitrogens with two attached hydrogens (primary N) is 2. The van der Waals surface area contributed by atoms with Crippen LogP contribution in [0.1, 0.15) is 22.3 Å². The lowest BCUT2D eigenvalue weighted by Gasteiger charge is -2.35. The fourth-order valence-corrected chi connectivity index (χ4v) is 5.98. The van der Waals surface area contributed by atoms with E-state index in [1.165, 1.54) is 36.4 Å². The van der Waals surface area contributed by atoms with Crippen LogP contribution in [0.4, 0.5) is 64.1 Å². The number of nitrogen functional groups attached to an aromatic ring is 2. The van der Waals surface area contributed by atoms with Crippen LogP contribution in [0.25, 0.3) is 0 Å². The van der Waals surface area contributed by atoms with Crippen molar-refractivity contribution >= 4 is 11.4 Å². The maximum Gasteiger partial charge on any atom is 0.433 e. The van der Waals surface area contributed by atoms with Crippen LogP contribution < -0.4 is 25.7 Å². The van der Waals surface area contributed by atoms with Gasteiger partial charge in [-0.2, -0.15) is 43.9 Å². The molecule has 0 aliphatic carbocycles. The number of alkyl halides is 12. The summed E-state index contributed by atoms with van der Waals surface area (Å²) >= 11 is 0. The van der Waals surface area contributed by atoms with Crippen molar-refractivity contribution in [1.29, 1.82) is 0 Å². The van der Waals surface area contributed by atoms with Gasteiger partial charge in [-0.1, -0.05) is 36.4 Å². The molecule has 0 heterocycles. The Balaban J connectivity index is 1.21. The predicted molar refractivity (Wildman–Crippen MR) is 193 cm³/mol. The first-order chi connectivity index (χ1) is 27.6. The molecular formula is C42H28F12N2O3. The average Bonchev–Trinajstić information content (AvgIpc) is 3.17. The molecule has 6 rings (SSSR count). The van der Waals surface area contributed by atoms with E-state index in [0.29, 0.717) is 84.2 Å². The Labute approximate surface area is 327 Å². The lowest BCUT2D eigenvalue weighted by atomic mass is 9.84. The molecule has 2 atom stereocenters. The summed E-state index contributed by atoms with van der Waals surface area (Å²) in [6, 6.07) is 21.8. The molecule has 0 fully saturated rings. The van der Waals surface area contributed by atoms with Gasteiger partial charge in [0.15, 0.2) is 0 Å². The van der Waals surface area contributed by atoms with Crippen molar-refractivity contribution in [2.24, 2.45) is 0 Å². The van der Waals surface area contributed by atoms with E-state index >= 15 is 26.3 Å². The van der Waals surface area contributed by atoms with Crippen LogP contribution in [-0.2, 0) is 23.2 Å². The van der Waals surface area contributed by atoms with Crippen molar-refractivity contribution < 1.29 is 66.9 Å². The molecule has 4 N–H and O–H groups in total. The highest BCUT2D eigenvalue weighted by molar-refractivity contribution is 5.48. The number of benzene rings is 6. The molecule has 0 bridgehead atoms. The predicted octanol–water partition coefficient (Wildman–Crippen LogP) is 13.3. The first kappa shape index (κ1) is 42.1. The minimum Gasteiger partial charge on any atom is -0.457 e. The summed E-state index contributed by atoms with van der Waals surface area (Å²) in [5.74, 6) is -11.1. The molecule has 0 saturated heterocycles. The zero-order chi connectivity index (χ0) is 43.0. The summed E-state index contributed by atoms with van der Waals surface area (Å²) in [7, 11) is 0. The fourth-order valence-electron chi connectivity index (χ4n) is 5.98. The van der Waals surface area contributed by atoms with Gasteiger partial charge in [-0.3, -0.25) is 0 Å². The molecule has 2 unspecified atom stereocenters. The van der Waals surface area contributed by atoms with Gasteiger partial charge in [0.2, 0.25) is 0 Å².